The molecule has 6 nitrogen and oxygen atoms in total. The van der Waals surface area contributed by atoms with E-state index in [2.05, 4.69) is 24.1 Å². The number of rotatable bonds is 11. The number of carbonyl (C=O) groups excluding carboxylic acids is 1. The minimum absolute atomic E-state index is 0.0404. The molecule has 178 valence electrons. The van der Waals surface area contributed by atoms with Gasteiger partial charge in [0.15, 0.2) is 11.5 Å². The second-order valence-electron chi connectivity index (χ2n) is 10.3. The summed E-state index contributed by atoms with van der Waals surface area (Å²) in [5, 5.41) is 14.5. The molecule has 1 amide bonds. The fourth-order valence-corrected chi connectivity index (χ4v) is 5.70. The number of ether oxygens (including phenoxy) is 2. The van der Waals surface area contributed by atoms with E-state index in [-0.39, 0.29) is 11.9 Å². The van der Waals surface area contributed by atoms with E-state index in [9.17, 15) is 9.90 Å². The summed E-state index contributed by atoms with van der Waals surface area (Å²) in [6.07, 6.45) is 9.06. The van der Waals surface area contributed by atoms with Gasteiger partial charge in [0.05, 0.1) is 6.04 Å². The number of nitrogens with one attached hydrogen (secondary N) is 1. The number of hydrogen-bond acceptors (Lipinski definition) is 5. The van der Waals surface area contributed by atoms with Crippen LogP contribution in [0.15, 0.2) is 18.2 Å². The van der Waals surface area contributed by atoms with E-state index >= 15 is 0 Å². The minimum Gasteiger partial charge on any atom is -0.486 e. The van der Waals surface area contributed by atoms with Gasteiger partial charge in [-0.2, -0.15) is 0 Å². The molecule has 1 aliphatic carbocycles. The fourth-order valence-electron chi connectivity index (χ4n) is 5.70. The van der Waals surface area contributed by atoms with E-state index in [0.29, 0.717) is 49.1 Å². The number of likely N-dealkylation sites (tertiary alicyclic amines) is 1. The third-order valence-electron chi connectivity index (χ3n) is 7.48. The average molecular weight is 445 g/mol. The molecule has 2 fully saturated rings. The summed E-state index contributed by atoms with van der Waals surface area (Å²) in [4.78, 5) is 15.2. The van der Waals surface area contributed by atoms with Crippen molar-refractivity contribution < 1.29 is 19.4 Å². The Morgan fingerprint density at radius 1 is 1.22 bits per heavy atom. The Morgan fingerprint density at radius 2 is 2.00 bits per heavy atom. The second-order valence-corrected chi connectivity index (χ2v) is 10.3. The average Bonchev–Trinajstić information content (AvgIpc) is 3.33. The topological polar surface area (TPSA) is 71.0 Å². The number of hydrogen-bond donors (Lipinski definition) is 2. The van der Waals surface area contributed by atoms with Crippen LogP contribution in [-0.4, -0.2) is 54.3 Å². The van der Waals surface area contributed by atoms with Crippen molar-refractivity contribution in [2.24, 2.45) is 5.41 Å². The first-order valence-electron chi connectivity index (χ1n) is 12.6. The van der Waals surface area contributed by atoms with Gasteiger partial charge in [0, 0.05) is 25.6 Å². The number of amides is 1. The highest BCUT2D eigenvalue weighted by Crippen LogP contribution is 2.47. The predicted octanol–water partition coefficient (Wildman–Crippen LogP) is 4.21. The molecule has 1 saturated heterocycles. The molecule has 2 aliphatic heterocycles. The molecule has 0 aromatic heterocycles. The molecular formula is C26H40N2O4. The van der Waals surface area contributed by atoms with Gasteiger partial charge in [-0.1, -0.05) is 45.6 Å². The van der Waals surface area contributed by atoms with Crippen molar-refractivity contribution in [2.45, 2.75) is 89.8 Å². The summed E-state index contributed by atoms with van der Waals surface area (Å²) in [6, 6.07) is 5.84. The number of aliphatic hydroxyl groups is 1. The lowest BCUT2D eigenvalue weighted by Crippen LogP contribution is -2.49. The Bertz CT molecular complexity index is 785. The van der Waals surface area contributed by atoms with Crippen molar-refractivity contribution in [3.8, 4) is 11.5 Å². The van der Waals surface area contributed by atoms with Crippen LogP contribution < -0.4 is 14.8 Å². The molecule has 6 heteroatoms. The zero-order valence-corrected chi connectivity index (χ0v) is 19.8. The van der Waals surface area contributed by atoms with Crippen molar-refractivity contribution in [2.75, 3.05) is 26.3 Å². The SMILES string of the molecule is CCCCCCCC(=O)N[C@H](CN1C[C@@]2(C)CCC1C2)[C@H](O)c1ccc2c(c1)OCCO2. The summed E-state index contributed by atoms with van der Waals surface area (Å²) in [7, 11) is 0. The van der Waals surface area contributed by atoms with Gasteiger partial charge in [-0.25, -0.2) is 0 Å². The summed E-state index contributed by atoms with van der Waals surface area (Å²) >= 11 is 0. The Hall–Kier alpha value is -1.79. The second kappa shape index (κ2) is 10.4. The van der Waals surface area contributed by atoms with E-state index in [0.717, 1.165) is 24.9 Å². The van der Waals surface area contributed by atoms with Crippen LogP contribution in [0, 0.1) is 5.41 Å². The molecule has 1 saturated carbocycles. The summed E-state index contributed by atoms with van der Waals surface area (Å²) < 4.78 is 11.3. The third kappa shape index (κ3) is 5.57. The van der Waals surface area contributed by atoms with Crippen LogP contribution in [0.1, 0.15) is 83.3 Å². The summed E-state index contributed by atoms with van der Waals surface area (Å²) in [5.74, 6) is 1.42. The molecule has 2 heterocycles. The summed E-state index contributed by atoms with van der Waals surface area (Å²) in [6.45, 7) is 7.35. The molecule has 4 atom stereocenters. The van der Waals surface area contributed by atoms with Crippen LogP contribution >= 0.6 is 0 Å². The van der Waals surface area contributed by atoms with Crippen molar-refractivity contribution in [1.29, 1.82) is 0 Å². The number of benzene rings is 1. The lowest BCUT2D eigenvalue weighted by atomic mass is 9.90. The van der Waals surface area contributed by atoms with Gasteiger partial charge in [0.1, 0.15) is 19.3 Å². The standard InChI is InChI=1S/C26H40N2O4/c1-3-4-5-6-7-8-24(29)27-21(17-28-18-26(2)12-11-20(28)16-26)25(30)19-9-10-22-23(15-19)32-14-13-31-22/h9-10,15,20-21,25,30H,3-8,11-14,16-18H2,1-2H3,(H,27,29)/t20?,21-,25-,26+/m1/s1. The van der Waals surface area contributed by atoms with Gasteiger partial charge < -0.3 is 19.9 Å². The van der Waals surface area contributed by atoms with Gasteiger partial charge in [-0.15, -0.1) is 0 Å². The first kappa shape index (κ1) is 23.4. The molecule has 0 radical (unpaired) electrons. The molecule has 2 N–H and O–H groups in total. The van der Waals surface area contributed by atoms with Gasteiger partial charge in [-0.3, -0.25) is 9.69 Å². The number of nitrogens with zero attached hydrogens (tertiary/aromatic N) is 1. The predicted molar refractivity (Wildman–Crippen MR) is 125 cm³/mol. The Kier molecular flexibility index (Phi) is 7.62. The Balaban J connectivity index is 1.42. The van der Waals surface area contributed by atoms with Gasteiger partial charge >= 0.3 is 0 Å². The van der Waals surface area contributed by atoms with Crippen LogP contribution in [0.25, 0.3) is 0 Å². The van der Waals surface area contributed by atoms with Crippen LogP contribution in [-0.2, 0) is 4.79 Å². The van der Waals surface area contributed by atoms with Crippen LogP contribution in [0.3, 0.4) is 0 Å². The van der Waals surface area contributed by atoms with E-state index in [1.165, 1.54) is 38.5 Å². The van der Waals surface area contributed by atoms with Crippen molar-refractivity contribution in [1.82, 2.24) is 10.2 Å². The van der Waals surface area contributed by atoms with Crippen LogP contribution in [0.5, 0.6) is 11.5 Å². The van der Waals surface area contributed by atoms with E-state index < -0.39 is 6.10 Å². The zero-order valence-electron chi connectivity index (χ0n) is 19.8. The number of fused-ring (bicyclic) bond motifs is 3. The maximum atomic E-state index is 12.8. The van der Waals surface area contributed by atoms with E-state index in [1.807, 2.05) is 18.2 Å². The first-order chi connectivity index (χ1) is 15.5. The monoisotopic (exact) mass is 444 g/mol. The normalized spacial score (nSPS) is 26.2. The van der Waals surface area contributed by atoms with Crippen molar-refractivity contribution >= 4 is 5.91 Å². The third-order valence-corrected chi connectivity index (χ3v) is 7.48. The van der Waals surface area contributed by atoms with Crippen LogP contribution in [0.4, 0.5) is 0 Å². The zero-order chi connectivity index (χ0) is 22.6. The molecule has 1 aromatic carbocycles. The number of carbonyl (C=O) groups is 1. The summed E-state index contributed by atoms with van der Waals surface area (Å²) in [5.41, 5.74) is 1.15. The molecule has 1 aromatic rings. The Labute approximate surface area is 192 Å². The van der Waals surface area contributed by atoms with E-state index in [4.69, 9.17) is 9.47 Å². The molecule has 3 aliphatic rings. The van der Waals surface area contributed by atoms with Crippen molar-refractivity contribution in [3.63, 3.8) is 0 Å². The lowest BCUT2D eigenvalue weighted by molar-refractivity contribution is -0.123. The Morgan fingerprint density at radius 3 is 2.72 bits per heavy atom. The van der Waals surface area contributed by atoms with Gasteiger partial charge in [-0.05, 0) is 48.8 Å². The van der Waals surface area contributed by atoms with Crippen molar-refractivity contribution in [3.05, 3.63) is 23.8 Å². The first-order valence-corrected chi connectivity index (χ1v) is 12.6. The largest absolute Gasteiger partial charge is 0.486 e. The highest BCUT2D eigenvalue weighted by atomic mass is 16.6. The maximum absolute atomic E-state index is 12.8. The van der Waals surface area contributed by atoms with Gasteiger partial charge in [0.2, 0.25) is 5.91 Å². The quantitative estimate of drug-likeness (QED) is 0.500. The minimum atomic E-state index is -0.790. The highest BCUT2D eigenvalue weighted by molar-refractivity contribution is 5.76. The maximum Gasteiger partial charge on any atom is 0.220 e. The van der Waals surface area contributed by atoms with E-state index in [1.54, 1.807) is 0 Å². The number of aliphatic hydroxyl groups excluding tert-OH is 1. The van der Waals surface area contributed by atoms with Crippen LogP contribution in [0.2, 0.25) is 0 Å². The number of unbranched alkanes of at least 4 members (excludes halogenated alkanes) is 4. The molecule has 32 heavy (non-hydrogen) atoms. The lowest BCUT2D eigenvalue weighted by Gasteiger charge is -2.35. The molecule has 4 rings (SSSR count). The molecular weight excluding hydrogens is 404 g/mol. The fraction of sp³-hybridized carbons (Fsp3) is 0.731. The number of piperidine rings is 1. The van der Waals surface area contributed by atoms with Gasteiger partial charge in [0.25, 0.3) is 0 Å². The molecule has 1 unspecified atom stereocenters. The smallest absolute Gasteiger partial charge is 0.220 e. The molecule has 0 spiro atoms. The molecule has 2 bridgehead atoms. The highest BCUT2D eigenvalue weighted by Gasteiger charge is 2.47.